The zero-order chi connectivity index (χ0) is 16.9. The van der Waals surface area contributed by atoms with Crippen LogP contribution in [0.3, 0.4) is 0 Å². The third kappa shape index (κ3) is 4.09. The molecule has 3 heterocycles. The lowest BCUT2D eigenvalue weighted by Gasteiger charge is -2.34. The molecule has 1 atom stereocenters. The lowest BCUT2D eigenvalue weighted by molar-refractivity contribution is -0.143. The number of carboxylic acids is 1. The third-order valence-electron chi connectivity index (χ3n) is 4.73. The summed E-state index contributed by atoms with van der Waals surface area (Å²) in [6, 6.07) is 0.339. The Morgan fingerprint density at radius 1 is 1.21 bits per heavy atom. The van der Waals surface area contributed by atoms with Gasteiger partial charge in [-0.15, -0.1) is 0 Å². The number of hydrogen-bond acceptors (Lipinski definition) is 6. The first kappa shape index (κ1) is 16.8. The van der Waals surface area contributed by atoms with Crippen LogP contribution in [0.25, 0.3) is 0 Å². The number of hydrogen-bond donors (Lipinski definition) is 1. The average molecular weight is 337 g/mol. The normalized spacial score (nSPS) is 23.8. The van der Waals surface area contributed by atoms with Crippen LogP contribution in [0.15, 0.2) is 12.7 Å². The number of nitrogens with zero attached hydrogens (tertiary/aromatic N) is 5. The van der Waals surface area contributed by atoms with Crippen molar-refractivity contribution in [1.29, 1.82) is 0 Å². The van der Waals surface area contributed by atoms with E-state index in [0.29, 0.717) is 38.9 Å². The van der Waals surface area contributed by atoms with Crippen LogP contribution in [0.1, 0.15) is 12.8 Å². The second-order valence-corrected chi connectivity index (χ2v) is 6.31. The van der Waals surface area contributed by atoms with Gasteiger partial charge in [0, 0.05) is 45.4 Å². The maximum Gasteiger partial charge on any atom is 0.309 e. The molecule has 1 amide bonds. The molecule has 0 aromatic carbocycles. The monoisotopic (exact) mass is 337 g/mol. The maximum atomic E-state index is 12.5. The molecule has 0 bridgehead atoms. The Morgan fingerprint density at radius 2 is 2.00 bits per heavy atom. The summed E-state index contributed by atoms with van der Waals surface area (Å²) in [6.45, 7) is 3.47. The number of rotatable bonds is 4. The van der Waals surface area contributed by atoms with Crippen LogP contribution < -0.4 is 0 Å². The summed E-state index contributed by atoms with van der Waals surface area (Å²) >= 11 is 0. The van der Waals surface area contributed by atoms with Gasteiger partial charge in [0.1, 0.15) is 19.2 Å². The topological polar surface area (TPSA) is 101 Å². The summed E-state index contributed by atoms with van der Waals surface area (Å²) in [6.07, 6.45) is 4.69. The van der Waals surface area contributed by atoms with Crippen molar-refractivity contribution in [3.63, 3.8) is 0 Å². The SMILES string of the molecule is O=C(O)[C@H]1CN(C(=O)Cn2cncn2)CCN(C2CCOCC2)C1. The molecule has 2 aliphatic rings. The Labute approximate surface area is 140 Å². The fraction of sp³-hybridized carbons (Fsp3) is 0.733. The Hall–Kier alpha value is -2.00. The lowest BCUT2D eigenvalue weighted by atomic mass is 10.0. The molecule has 1 N–H and O–H groups in total. The van der Waals surface area contributed by atoms with Crippen molar-refractivity contribution in [1.82, 2.24) is 24.6 Å². The fourth-order valence-electron chi connectivity index (χ4n) is 3.36. The minimum Gasteiger partial charge on any atom is -0.481 e. The minimum absolute atomic E-state index is 0.0869. The van der Waals surface area contributed by atoms with E-state index in [0.717, 1.165) is 12.8 Å². The van der Waals surface area contributed by atoms with Gasteiger partial charge in [-0.2, -0.15) is 5.10 Å². The van der Waals surface area contributed by atoms with Crippen LogP contribution in [0.5, 0.6) is 0 Å². The molecule has 1 aromatic rings. The van der Waals surface area contributed by atoms with E-state index in [-0.39, 0.29) is 19.0 Å². The van der Waals surface area contributed by atoms with Crippen LogP contribution in [0, 0.1) is 5.92 Å². The molecule has 0 aliphatic carbocycles. The second-order valence-electron chi connectivity index (χ2n) is 6.31. The Bertz CT molecular complexity index is 558. The first-order chi connectivity index (χ1) is 11.6. The van der Waals surface area contributed by atoms with Gasteiger partial charge in [-0.3, -0.25) is 14.5 Å². The van der Waals surface area contributed by atoms with Gasteiger partial charge in [0.05, 0.1) is 5.92 Å². The van der Waals surface area contributed by atoms with Gasteiger partial charge in [0.2, 0.25) is 5.91 Å². The molecular formula is C15H23N5O4. The molecule has 2 saturated heterocycles. The second kappa shape index (κ2) is 7.71. The zero-order valence-electron chi connectivity index (χ0n) is 13.6. The molecule has 0 radical (unpaired) electrons. The number of ether oxygens (including phenoxy) is 1. The van der Waals surface area contributed by atoms with Crippen molar-refractivity contribution in [3.05, 3.63) is 12.7 Å². The highest BCUT2D eigenvalue weighted by molar-refractivity contribution is 5.77. The molecule has 0 saturated carbocycles. The van der Waals surface area contributed by atoms with Crippen molar-refractivity contribution in [2.75, 3.05) is 39.4 Å². The standard InChI is InChI=1S/C15H23N5O4/c21-14(9-20-11-16-10-17-20)19-4-3-18(7-12(8-19)15(22)23)13-1-5-24-6-2-13/h10-13H,1-9H2,(H,22,23)/t12-/m1/s1. The summed E-state index contributed by atoms with van der Waals surface area (Å²) in [5.41, 5.74) is 0. The number of aromatic nitrogens is 3. The van der Waals surface area contributed by atoms with Gasteiger partial charge in [-0.25, -0.2) is 9.67 Å². The molecule has 9 heteroatoms. The molecule has 1 aromatic heterocycles. The van der Waals surface area contributed by atoms with Gasteiger partial charge >= 0.3 is 5.97 Å². The highest BCUT2D eigenvalue weighted by atomic mass is 16.5. The van der Waals surface area contributed by atoms with Crippen LogP contribution in [-0.2, 0) is 20.9 Å². The molecule has 132 valence electrons. The molecule has 9 nitrogen and oxygen atoms in total. The van der Waals surface area contributed by atoms with Crippen molar-refractivity contribution in [3.8, 4) is 0 Å². The highest BCUT2D eigenvalue weighted by Gasteiger charge is 2.33. The van der Waals surface area contributed by atoms with Crippen LogP contribution in [-0.4, -0.2) is 87.0 Å². The van der Waals surface area contributed by atoms with Gasteiger partial charge in [-0.1, -0.05) is 0 Å². The first-order valence-electron chi connectivity index (χ1n) is 8.28. The minimum atomic E-state index is -0.854. The number of carbonyl (C=O) groups is 2. The summed E-state index contributed by atoms with van der Waals surface area (Å²) < 4.78 is 6.85. The van der Waals surface area contributed by atoms with Crippen molar-refractivity contribution >= 4 is 11.9 Å². The van der Waals surface area contributed by atoms with Crippen molar-refractivity contribution in [2.45, 2.75) is 25.4 Å². The Kier molecular flexibility index (Phi) is 5.41. The number of amides is 1. The fourth-order valence-corrected chi connectivity index (χ4v) is 3.36. The van der Waals surface area contributed by atoms with E-state index in [1.54, 1.807) is 4.90 Å². The van der Waals surface area contributed by atoms with Crippen LogP contribution >= 0.6 is 0 Å². The van der Waals surface area contributed by atoms with Gasteiger partial charge in [0.25, 0.3) is 0 Å². The Balaban J connectivity index is 1.66. The predicted molar refractivity (Wildman–Crippen MR) is 83.1 cm³/mol. The molecule has 24 heavy (non-hydrogen) atoms. The van der Waals surface area contributed by atoms with E-state index in [9.17, 15) is 14.7 Å². The van der Waals surface area contributed by atoms with Crippen molar-refractivity contribution in [2.24, 2.45) is 5.92 Å². The van der Waals surface area contributed by atoms with E-state index in [2.05, 4.69) is 15.0 Å². The van der Waals surface area contributed by atoms with Crippen LogP contribution in [0.2, 0.25) is 0 Å². The smallest absolute Gasteiger partial charge is 0.309 e. The summed E-state index contributed by atoms with van der Waals surface area (Å²) in [4.78, 5) is 31.8. The van der Waals surface area contributed by atoms with Crippen LogP contribution in [0.4, 0.5) is 0 Å². The van der Waals surface area contributed by atoms with E-state index in [1.807, 2.05) is 0 Å². The van der Waals surface area contributed by atoms with E-state index >= 15 is 0 Å². The number of carbonyl (C=O) groups excluding carboxylic acids is 1. The van der Waals surface area contributed by atoms with Gasteiger partial charge < -0.3 is 14.7 Å². The number of aliphatic carboxylic acids is 1. The van der Waals surface area contributed by atoms with E-state index in [4.69, 9.17) is 4.74 Å². The van der Waals surface area contributed by atoms with Gasteiger partial charge in [-0.05, 0) is 12.8 Å². The molecule has 2 aliphatic heterocycles. The average Bonchev–Trinajstić information content (AvgIpc) is 2.98. The molecule has 2 fully saturated rings. The maximum absolute atomic E-state index is 12.5. The Morgan fingerprint density at radius 3 is 2.67 bits per heavy atom. The molecule has 0 unspecified atom stereocenters. The molecular weight excluding hydrogens is 314 g/mol. The molecule has 3 rings (SSSR count). The molecule has 0 spiro atoms. The number of carboxylic acid groups (broad SMARTS) is 1. The zero-order valence-corrected chi connectivity index (χ0v) is 13.6. The lowest BCUT2D eigenvalue weighted by Crippen LogP contribution is -2.43. The van der Waals surface area contributed by atoms with E-state index < -0.39 is 11.9 Å². The quantitative estimate of drug-likeness (QED) is 0.775. The summed E-state index contributed by atoms with van der Waals surface area (Å²) in [5, 5.41) is 13.5. The summed E-state index contributed by atoms with van der Waals surface area (Å²) in [5.74, 6) is -1.55. The van der Waals surface area contributed by atoms with Gasteiger partial charge in [0.15, 0.2) is 0 Å². The third-order valence-corrected chi connectivity index (χ3v) is 4.73. The predicted octanol–water partition coefficient (Wildman–Crippen LogP) is -0.698. The largest absolute Gasteiger partial charge is 0.481 e. The first-order valence-corrected chi connectivity index (χ1v) is 8.28. The van der Waals surface area contributed by atoms with Crippen molar-refractivity contribution < 1.29 is 19.4 Å². The highest BCUT2D eigenvalue weighted by Crippen LogP contribution is 2.19. The van der Waals surface area contributed by atoms with E-state index in [1.165, 1.54) is 17.3 Å². The summed E-state index contributed by atoms with van der Waals surface area (Å²) in [7, 11) is 0.